The SMILES string of the molecule is CN(C)CCCCNc1nc(Cl)cs1. The van der Waals surface area contributed by atoms with Crippen LogP contribution in [0.1, 0.15) is 12.8 Å². The van der Waals surface area contributed by atoms with E-state index in [0.717, 1.165) is 24.6 Å². The van der Waals surface area contributed by atoms with E-state index in [-0.39, 0.29) is 0 Å². The van der Waals surface area contributed by atoms with Crippen LogP contribution in [0.4, 0.5) is 5.13 Å². The van der Waals surface area contributed by atoms with E-state index in [0.29, 0.717) is 5.15 Å². The zero-order chi connectivity index (χ0) is 10.4. The summed E-state index contributed by atoms with van der Waals surface area (Å²) in [6, 6.07) is 0. The van der Waals surface area contributed by atoms with E-state index in [2.05, 4.69) is 29.3 Å². The van der Waals surface area contributed by atoms with Gasteiger partial charge in [-0.25, -0.2) is 4.98 Å². The van der Waals surface area contributed by atoms with Crippen molar-refractivity contribution in [2.75, 3.05) is 32.5 Å². The predicted octanol–water partition coefficient (Wildman–Crippen LogP) is 2.55. The van der Waals surface area contributed by atoms with Gasteiger partial charge in [0.25, 0.3) is 0 Å². The van der Waals surface area contributed by atoms with Gasteiger partial charge in [-0.3, -0.25) is 0 Å². The van der Waals surface area contributed by atoms with Crippen LogP contribution in [0.2, 0.25) is 5.15 Å². The van der Waals surface area contributed by atoms with E-state index < -0.39 is 0 Å². The molecule has 0 atom stereocenters. The fraction of sp³-hybridized carbons (Fsp3) is 0.667. The summed E-state index contributed by atoms with van der Waals surface area (Å²) in [4.78, 5) is 6.30. The maximum Gasteiger partial charge on any atom is 0.184 e. The number of halogens is 1. The van der Waals surface area contributed by atoms with Crippen LogP contribution >= 0.6 is 22.9 Å². The molecule has 0 aromatic carbocycles. The first kappa shape index (κ1) is 11.8. The summed E-state index contributed by atoms with van der Waals surface area (Å²) in [5.74, 6) is 0. The first-order chi connectivity index (χ1) is 6.68. The lowest BCUT2D eigenvalue weighted by Crippen LogP contribution is -2.14. The lowest BCUT2D eigenvalue weighted by atomic mass is 10.3. The smallest absolute Gasteiger partial charge is 0.184 e. The van der Waals surface area contributed by atoms with E-state index in [1.807, 2.05) is 5.38 Å². The summed E-state index contributed by atoms with van der Waals surface area (Å²) in [6.07, 6.45) is 2.37. The molecular weight excluding hydrogens is 218 g/mol. The highest BCUT2D eigenvalue weighted by atomic mass is 35.5. The number of aromatic nitrogens is 1. The van der Waals surface area contributed by atoms with Gasteiger partial charge in [-0.05, 0) is 33.5 Å². The maximum absolute atomic E-state index is 5.69. The highest BCUT2D eigenvalue weighted by Gasteiger charge is 1.97. The third-order valence-corrected chi connectivity index (χ3v) is 2.91. The van der Waals surface area contributed by atoms with Gasteiger partial charge in [-0.1, -0.05) is 11.6 Å². The molecule has 0 unspecified atom stereocenters. The standard InChI is InChI=1S/C9H16ClN3S/c1-13(2)6-4-3-5-11-9-12-8(10)7-14-9/h7H,3-6H2,1-2H3,(H,11,12). The van der Waals surface area contributed by atoms with Gasteiger partial charge in [0.2, 0.25) is 0 Å². The van der Waals surface area contributed by atoms with Crippen molar-refractivity contribution in [3.05, 3.63) is 10.5 Å². The van der Waals surface area contributed by atoms with Gasteiger partial charge in [-0.15, -0.1) is 11.3 Å². The molecule has 0 saturated heterocycles. The summed E-state index contributed by atoms with van der Waals surface area (Å²) >= 11 is 7.24. The van der Waals surface area contributed by atoms with Crippen LogP contribution < -0.4 is 5.32 Å². The Kier molecular flexibility index (Phi) is 5.22. The van der Waals surface area contributed by atoms with Crippen molar-refractivity contribution in [3.63, 3.8) is 0 Å². The Balaban J connectivity index is 2.04. The number of hydrogen-bond donors (Lipinski definition) is 1. The van der Waals surface area contributed by atoms with E-state index >= 15 is 0 Å². The van der Waals surface area contributed by atoms with Crippen LogP contribution in [0.3, 0.4) is 0 Å². The lowest BCUT2D eigenvalue weighted by molar-refractivity contribution is 0.396. The molecule has 0 bridgehead atoms. The summed E-state index contributed by atoms with van der Waals surface area (Å²) in [5, 5.41) is 6.57. The number of nitrogens with zero attached hydrogens (tertiary/aromatic N) is 2. The molecule has 0 aliphatic rings. The van der Waals surface area contributed by atoms with E-state index in [4.69, 9.17) is 11.6 Å². The molecule has 0 saturated carbocycles. The molecule has 0 spiro atoms. The zero-order valence-corrected chi connectivity index (χ0v) is 10.2. The van der Waals surface area contributed by atoms with Crippen LogP contribution in [0.15, 0.2) is 5.38 Å². The highest BCUT2D eigenvalue weighted by molar-refractivity contribution is 7.14. The second-order valence-electron chi connectivity index (χ2n) is 3.41. The van der Waals surface area contributed by atoms with Crippen molar-refractivity contribution in [1.82, 2.24) is 9.88 Å². The fourth-order valence-electron chi connectivity index (χ4n) is 1.08. The van der Waals surface area contributed by atoms with E-state index in [1.165, 1.54) is 6.42 Å². The van der Waals surface area contributed by atoms with Crippen molar-refractivity contribution < 1.29 is 0 Å². The van der Waals surface area contributed by atoms with Gasteiger partial charge in [0, 0.05) is 11.9 Å². The van der Waals surface area contributed by atoms with Crippen LogP contribution in [0.25, 0.3) is 0 Å². The van der Waals surface area contributed by atoms with Crippen molar-refractivity contribution in [3.8, 4) is 0 Å². The van der Waals surface area contributed by atoms with Crippen LogP contribution in [-0.4, -0.2) is 37.1 Å². The number of anilines is 1. The van der Waals surface area contributed by atoms with Gasteiger partial charge in [0.15, 0.2) is 5.13 Å². The minimum Gasteiger partial charge on any atom is -0.361 e. The van der Waals surface area contributed by atoms with E-state index in [9.17, 15) is 0 Å². The molecule has 14 heavy (non-hydrogen) atoms. The Morgan fingerprint density at radius 2 is 2.29 bits per heavy atom. The van der Waals surface area contributed by atoms with Gasteiger partial charge < -0.3 is 10.2 Å². The molecule has 1 aromatic rings. The summed E-state index contributed by atoms with van der Waals surface area (Å²) in [6.45, 7) is 2.11. The molecule has 1 rings (SSSR count). The Morgan fingerprint density at radius 1 is 1.50 bits per heavy atom. The molecular formula is C9H16ClN3S. The highest BCUT2D eigenvalue weighted by Crippen LogP contribution is 2.18. The van der Waals surface area contributed by atoms with E-state index in [1.54, 1.807) is 11.3 Å². The van der Waals surface area contributed by atoms with Crippen LogP contribution in [0.5, 0.6) is 0 Å². The molecule has 0 radical (unpaired) electrons. The Bertz CT molecular complexity index is 262. The molecule has 1 heterocycles. The largest absolute Gasteiger partial charge is 0.361 e. The number of thiazole rings is 1. The van der Waals surface area contributed by atoms with Gasteiger partial charge in [0.1, 0.15) is 5.15 Å². The number of hydrogen-bond acceptors (Lipinski definition) is 4. The molecule has 80 valence electrons. The second kappa shape index (κ2) is 6.22. The average molecular weight is 234 g/mol. The third-order valence-electron chi connectivity index (χ3n) is 1.78. The van der Waals surface area contributed by atoms with Gasteiger partial charge >= 0.3 is 0 Å². The molecule has 1 N–H and O–H groups in total. The molecule has 0 aliphatic carbocycles. The molecule has 0 fully saturated rings. The van der Waals surface area contributed by atoms with Crippen LogP contribution in [-0.2, 0) is 0 Å². The van der Waals surface area contributed by atoms with Crippen molar-refractivity contribution in [2.24, 2.45) is 0 Å². The normalized spacial score (nSPS) is 10.9. The fourth-order valence-corrected chi connectivity index (χ4v) is 1.95. The molecule has 3 nitrogen and oxygen atoms in total. The minimum absolute atomic E-state index is 0.575. The summed E-state index contributed by atoms with van der Waals surface area (Å²) in [5.41, 5.74) is 0. The first-order valence-electron chi connectivity index (χ1n) is 4.68. The monoisotopic (exact) mass is 233 g/mol. The minimum atomic E-state index is 0.575. The Morgan fingerprint density at radius 3 is 2.86 bits per heavy atom. The molecule has 1 aromatic heterocycles. The van der Waals surface area contributed by atoms with Crippen molar-refractivity contribution in [1.29, 1.82) is 0 Å². The molecule has 0 aliphatic heterocycles. The lowest BCUT2D eigenvalue weighted by Gasteiger charge is -2.08. The Labute approximate surface area is 94.1 Å². The third kappa shape index (κ3) is 4.79. The molecule has 0 amide bonds. The number of rotatable bonds is 6. The van der Waals surface area contributed by atoms with Gasteiger partial charge in [-0.2, -0.15) is 0 Å². The number of unbranched alkanes of at least 4 members (excludes halogenated alkanes) is 1. The summed E-state index contributed by atoms with van der Waals surface area (Å²) < 4.78 is 0. The van der Waals surface area contributed by atoms with Crippen molar-refractivity contribution >= 4 is 28.1 Å². The average Bonchev–Trinajstić information content (AvgIpc) is 2.50. The van der Waals surface area contributed by atoms with Crippen LogP contribution in [0, 0.1) is 0 Å². The maximum atomic E-state index is 5.69. The zero-order valence-electron chi connectivity index (χ0n) is 8.59. The summed E-state index contributed by atoms with van der Waals surface area (Å²) in [7, 11) is 4.18. The second-order valence-corrected chi connectivity index (χ2v) is 4.66. The topological polar surface area (TPSA) is 28.2 Å². The Hall–Kier alpha value is -0.320. The predicted molar refractivity (Wildman–Crippen MR) is 63.4 cm³/mol. The first-order valence-corrected chi connectivity index (χ1v) is 5.94. The van der Waals surface area contributed by atoms with Crippen molar-refractivity contribution in [2.45, 2.75) is 12.8 Å². The van der Waals surface area contributed by atoms with Gasteiger partial charge in [0.05, 0.1) is 0 Å². The quantitative estimate of drug-likeness (QED) is 0.766. The molecule has 5 heteroatoms. The number of nitrogens with one attached hydrogen (secondary N) is 1.